The molecule has 0 spiro atoms. The van der Waals surface area contributed by atoms with Crippen LogP contribution in [0.4, 0.5) is 4.39 Å². The Hall–Kier alpha value is -0.150. The second-order valence-electron chi connectivity index (χ2n) is 4.92. The van der Waals surface area contributed by atoms with Crippen LogP contribution in [-0.4, -0.2) is 43.8 Å². The van der Waals surface area contributed by atoms with Gasteiger partial charge in [-0.1, -0.05) is 0 Å². The molecule has 0 bridgehead atoms. The van der Waals surface area contributed by atoms with Crippen LogP contribution in [0.5, 0.6) is 0 Å². The SMILES string of the molecule is FCCCN1CCC(C2CCCN2)CC1. The first-order valence-electron chi connectivity index (χ1n) is 6.42. The fraction of sp³-hybridized carbons (Fsp3) is 1.00. The second kappa shape index (κ2) is 5.80. The number of rotatable bonds is 4. The van der Waals surface area contributed by atoms with Crippen LogP contribution in [0.25, 0.3) is 0 Å². The van der Waals surface area contributed by atoms with E-state index in [4.69, 9.17) is 0 Å². The Morgan fingerprint density at radius 3 is 2.60 bits per heavy atom. The number of nitrogens with zero attached hydrogens (tertiary/aromatic N) is 1. The first-order chi connectivity index (χ1) is 7.40. The Balaban J connectivity index is 1.67. The van der Waals surface area contributed by atoms with Gasteiger partial charge in [0, 0.05) is 12.6 Å². The van der Waals surface area contributed by atoms with Crippen molar-refractivity contribution in [1.29, 1.82) is 0 Å². The van der Waals surface area contributed by atoms with Gasteiger partial charge in [0.05, 0.1) is 6.67 Å². The quantitative estimate of drug-likeness (QED) is 0.768. The first-order valence-corrected chi connectivity index (χ1v) is 6.42. The summed E-state index contributed by atoms with van der Waals surface area (Å²) in [4.78, 5) is 2.42. The van der Waals surface area contributed by atoms with E-state index >= 15 is 0 Å². The molecule has 2 saturated heterocycles. The van der Waals surface area contributed by atoms with Crippen molar-refractivity contribution in [1.82, 2.24) is 10.2 Å². The lowest BCUT2D eigenvalue weighted by atomic mass is 9.88. The molecule has 2 aliphatic rings. The minimum atomic E-state index is -0.163. The van der Waals surface area contributed by atoms with E-state index in [0.717, 1.165) is 18.5 Å². The third kappa shape index (κ3) is 3.15. The van der Waals surface area contributed by atoms with Crippen LogP contribution in [0.2, 0.25) is 0 Å². The summed E-state index contributed by atoms with van der Waals surface area (Å²) in [5.41, 5.74) is 0. The van der Waals surface area contributed by atoms with Gasteiger partial charge in [0.2, 0.25) is 0 Å². The van der Waals surface area contributed by atoms with Crippen LogP contribution in [0.1, 0.15) is 32.1 Å². The molecule has 1 unspecified atom stereocenters. The van der Waals surface area contributed by atoms with Gasteiger partial charge in [-0.15, -0.1) is 0 Å². The number of likely N-dealkylation sites (tertiary alicyclic amines) is 1. The van der Waals surface area contributed by atoms with Gasteiger partial charge in [-0.3, -0.25) is 4.39 Å². The van der Waals surface area contributed by atoms with Crippen LogP contribution < -0.4 is 5.32 Å². The molecule has 15 heavy (non-hydrogen) atoms. The van der Waals surface area contributed by atoms with E-state index < -0.39 is 0 Å². The predicted molar refractivity (Wildman–Crippen MR) is 60.8 cm³/mol. The summed E-state index contributed by atoms with van der Waals surface area (Å²) < 4.78 is 12.0. The number of alkyl halides is 1. The van der Waals surface area contributed by atoms with Gasteiger partial charge >= 0.3 is 0 Å². The number of hydrogen-bond acceptors (Lipinski definition) is 2. The van der Waals surface area contributed by atoms with Crippen LogP contribution in [-0.2, 0) is 0 Å². The molecule has 0 saturated carbocycles. The van der Waals surface area contributed by atoms with Crippen molar-refractivity contribution in [3.05, 3.63) is 0 Å². The van der Waals surface area contributed by atoms with Gasteiger partial charge < -0.3 is 10.2 Å². The maximum Gasteiger partial charge on any atom is 0.0906 e. The fourth-order valence-electron chi connectivity index (χ4n) is 2.98. The summed E-state index contributed by atoms with van der Waals surface area (Å²) in [5.74, 6) is 0.883. The second-order valence-corrected chi connectivity index (χ2v) is 4.92. The topological polar surface area (TPSA) is 15.3 Å². The van der Waals surface area contributed by atoms with Gasteiger partial charge in [0.15, 0.2) is 0 Å². The molecule has 2 nitrogen and oxygen atoms in total. The van der Waals surface area contributed by atoms with Crippen LogP contribution >= 0.6 is 0 Å². The van der Waals surface area contributed by atoms with Gasteiger partial charge in [0.1, 0.15) is 0 Å². The third-order valence-electron chi connectivity index (χ3n) is 3.91. The molecule has 1 atom stereocenters. The van der Waals surface area contributed by atoms with Gasteiger partial charge in [-0.05, 0) is 57.7 Å². The minimum Gasteiger partial charge on any atom is -0.314 e. The van der Waals surface area contributed by atoms with Crippen LogP contribution in [0, 0.1) is 5.92 Å². The number of halogens is 1. The summed E-state index contributed by atoms with van der Waals surface area (Å²) in [6.45, 7) is 4.38. The lowest BCUT2D eigenvalue weighted by molar-refractivity contribution is 0.159. The van der Waals surface area contributed by atoms with Gasteiger partial charge in [-0.25, -0.2) is 0 Å². The normalized spacial score (nSPS) is 29.8. The van der Waals surface area contributed by atoms with Crippen molar-refractivity contribution in [2.24, 2.45) is 5.92 Å². The zero-order valence-electron chi connectivity index (χ0n) is 9.55. The average Bonchev–Trinajstić information content (AvgIpc) is 2.80. The zero-order chi connectivity index (χ0) is 10.5. The van der Waals surface area contributed by atoms with E-state index in [9.17, 15) is 4.39 Å². The molecular formula is C12H23FN2. The molecule has 88 valence electrons. The van der Waals surface area contributed by atoms with E-state index in [0.29, 0.717) is 6.42 Å². The molecule has 0 aromatic rings. The third-order valence-corrected chi connectivity index (χ3v) is 3.91. The van der Waals surface area contributed by atoms with Crippen molar-refractivity contribution in [2.45, 2.75) is 38.1 Å². The van der Waals surface area contributed by atoms with Crippen molar-refractivity contribution in [3.8, 4) is 0 Å². The fourth-order valence-corrected chi connectivity index (χ4v) is 2.98. The Morgan fingerprint density at radius 1 is 1.20 bits per heavy atom. The lowest BCUT2D eigenvalue weighted by Crippen LogP contribution is -2.41. The summed E-state index contributed by atoms with van der Waals surface area (Å²) in [7, 11) is 0. The Kier molecular flexibility index (Phi) is 4.39. The van der Waals surface area contributed by atoms with Crippen molar-refractivity contribution >= 4 is 0 Å². The molecule has 1 N–H and O–H groups in total. The summed E-state index contributed by atoms with van der Waals surface area (Å²) >= 11 is 0. The standard InChI is InChI=1S/C12H23FN2/c13-6-2-8-15-9-4-11(5-10-15)12-3-1-7-14-12/h11-12,14H,1-10H2. The first kappa shape index (κ1) is 11.3. The Bertz CT molecular complexity index is 172. The molecule has 2 heterocycles. The highest BCUT2D eigenvalue weighted by Gasteiger charge is 2.27. The van der Waals surface area contributed by atoms with E-state index in [1.807, 2.05) is 0 Å². The Labute approximate surface area is 92.2 Å². The van der Waals surface area contributed by atoms with Gasteiger partial charge in [0.25, 0.3) is 0 Å². The molecule has 2 fully saturated rings. The molecule has 2 aliphatic heterocycles. The molecule has 0 aromatic carbocycles. The summed E-state index contributed by atoms with van der Waals surface area (Å²) in [5, 5.41) is 3.61. The number of hydrogen-bond donors (Lipinski definition) is 1. The summed E-state index contributed by atoms with van der Waals surface area (Å²) in [6.07, 6.45) is 6.06. The molecule has 0 radical (unpaired) electrons. The van der Waals surface area contributed by atoms with Crippen molar-refractivity contribution in [2.75, 3.05) is 32.9 Å². The number of piperidine rings is 1. The Morgan fingerprint density at radius 2 is 2.00 bits per heavy atom. The highest BCUT2D eigenvalue weighted by molar-refractivity contribution is 4.85. The van der Waals surface area contributed by atoms with E-state index in [-0.39, 0.29) is 6.67 Å². The average molecular weight is 214 g/mol. The van der Waals surface area contributed by atoms with E-state index in [1.165, 1.54) is 45.3 Å². The maximum atomic E-state index is 12.0. The lowest BCUT2D eigenvalue weighted by Gasteiger charge is -2.34. The monoisotopic (exact) mass is 214 g/mol. The van der Waals surface area contributed by atoms with E-state index in [2.05, 4.69) is 10.2 Å². The molecular weight excluding hydrogens is 191 g/mol. The molecule has 0 aliphatic carbocycles. The largest absolute Gasteiger partial charge is 0.314 e. The van der Waals surface area contributed by atoms with Gasteiger partial charge in [-0.2, -0.15) is 0 Å². The molecule has 2 rings (SSSR count). The predicted octanol–water partition coefficient (Wildman–Crippen LogP) is 1.81. The molecule has 0 amide bonds. The highest BCUT2D eigenvalue weighted by Crippen LogP contribution is 2.25. The smallest absolute Gasteiger partial charge is 0.0906 e. The zero-order valence-corrected chi connectivity index (χ0v) is 9.55. The molecule has 3 heteroatoms. The maximum absolute atomic E-state index is 12.0. The van der Waals surface area contributed by atoms with E-state index in [1.54, 1.807) is 0 Å². The minimum absolute atomic E-state index is 0.163. The molecule has 0 aromatic heterocycles. The van der Waals surface area contributed by atoms with Crippen LogP contribution in [0.3, 0.4) is 0 Å². The van der Waals surface area contributed by atoms with Crippen molar-refractivity contribution in [3.63, 3.8) is 0 Å². The highest BCUT2D eigenvalue weighted by atomic mass is 19.1. The van der Waals surface area contributed by atoms with Crippen LogP contribution in [0.15, 0.2) is 0 Å². The number of nitrogens with one attached hydrogen (secondary N) is 1. The summed E-state index contributed by atoms with van der Waals surface area (Å²) in [6, 6.07) is 0.785. The van der Waals surface area contributed by atoms with Crippen molar-refractivity contribution < 1.29 is 4.39 Å².